The summed E-state index contributed by atoms with van der Waals surface area (Å²) in [5.74, 6) is 0.761. The molecule has 5 heteroatoms. The standard InChI is InChI=1S/C15H31N5/c1-6-14(5)11-19(7-2)8-9-20-12-15(17-18-20)10-16-13(3)4/h12-14,16H,6-11H2,1-5H3. The summed E-state index contributed by atoms with van der Waals surface area (Å²) in [6.07, 6.45) is 3.29. The van der Waals surface area contributed by atoms with E-state index in [1.807, 2.05) is 10.9 Å². The van der Waals surface area contributed by atoms with Crippen LogP contribution in [0.15, 0.2) is 6.20 Å². The van der Waals surface area contributed by atoms with Gasteiger partial charge in [-0.2, -0.15) is 0 Å². The summed E-state index contributed by atoms with van der Waals surface area (Å²) in [7, 11) is 0. The zero-order valence-corrected chi connectivity index (χ0v) is 13.8. The number of nitrogens with zero attached hydrogens (tertiary/aromatic N) is 4. The van der Waals surface area contributed by atoms with Crippen LogP contribution in [0.2, 0.25) is 0 Å². The van der Waals surface area contributed by atoms with Crippen molar-refractivity contribution in [3.05, 3.63) is 11.9 Å². The molecule has 20 heavy (non-hydrogen) atoms. The molecule has 1 rings (SSSR count). The van der Waals surface area contributed by atoms with Gasteiger partial charge in [0.2, 0.25) is 0 Å². The first kappa shape index (κ1) is 17.1. The Morgan fingerprint density at radius 2 is 2.05 bits per heavy atom. The van der Waals surface area contributed by atoms with Crippen molar-refractivity contribution in [2.24, 2.45) is 5.92 Å². The van der Waals surface area contributed by atoms with Crippen LogP contribution in [0.3, 0.4) is 0 Å². The van der Waals surface area contributed by atoms with E-state index in [4.69, 9.17) is 0 Å². The number of rotatable bonds is 10. The molecule has 0 aromatic carbocycles. The van der Waals surface area contributed by atoms with Crippen LogP contribution in [0.4, 0.5) is 0 Å². The molecule has 0 aliphatic carbocycles. The van der Waals surface area contributed by atoms with Gasteiger partial charge in [-0.3, -0.25) is 4.68 Å². The Bertz CT molecular complexity index is 361. The van der Waals surface area contributed by atoms with E-state index in [1.165, 1.54) is 13.0 Å². The van der Waals surface area contributed by atoms with E-state index < -0.39 is 0 Å². The SMILES string of the molecule is CCC(C)CN(CC)CCn1cc(CNC(C)C)nn1. The quantitative estimate of drug-likeness (QED) is 0.714. The summed E-state index contributed by atoms with van der Waals surface area (Å²) in [6, 6.07) is 0.478. The maximum absolute atomic E-state index is 4.20. The Morgan fingerprint density at radius 1 is 1.30 bits per heavy atom. The lowest BCUT2D eigenvalue weighted by Gasteiger charge is -2.23. The smallest absolute Gasteiger partial charge is 0.0964 e. The number of aromatic nitrogens is 3. The first-order chi connectivity index (χ1) is 9.55. The summed E-state index contributed by atoms with van der Waals surface area (Å²) < 4.78 is 1.95. The molecule has 1 unspecified atom stereocenters. The van der Waals surface area contributed by atoms with Crippen LogP contribution in [0.25, 0.3) is 0 Å². The molecule has 0 amide bonds. The van der Waals surface area contributed by atoms with E-state index in [1.54, 1.807) is 0 Å². The number of likely N-dealkylation sites (N-methyl/N-ethyl adjacent to an activating group) is 1. The molecule has 1 aromatic heterocycles. The molecule has 0 saturated heterocycles. The van der Waals surface area contributed by atoms with E-state index in [2.05, 4.69) is 55.1 Å². The molecule has 0 aliphatic heterocycles. The highest BCUT2D eigenvalue weighted by molar-refractivity contribution is 4.91. The number of hydrogen-bond donors (Lipinski definition) is 1. The predicted molar refractivity (Wildman–Crippen MR) is 83.6 cm³/mol. The molecule has 0 aliphatic rings. The molecule has 0 saturated carbocycles. The first-order valence-electron chi connectivity index (χ1n) is 7.89. The summed E-state index contributed by atoms with van der Waals surface area (Å²) in [6.45, 7) is 16.1. The predicted octanol–water partition coefficient (Wildman–Crippen LogP) is 2.14. The van der Waals surface area contributed by atoms with Crippen molar-refractivity contribution < 1.29 is 0 Å². The number of hydrogen-bond acceptors (Lipinski definition) is 4. The van der Waals surface area contributed by atoms with Crippen LogP contribution < -0.4 is 5.32 Å². The van der Waals surface area contributed by atoms with E-state index in [0.29, 0.717) is 6.04 Å². The van der Waals surface area contributed by atoms with E-state index in [-0.39, 0.29) is 0 Å². The topological polar surface area (TPSA) is 46.0 Å². The van der Waals surface area contributed by atoms with Gasteiger partial charge in [0, 0.05) is 31.9 Å². The van der Waals surface area contributed by atoms with Crippen molar-refractivity contribution in [1.82, 2.24) is 25.2 Å². The number of nitrogens with one attached hydrogen (secondary N) is 1. The van der Waals surface area contributed by atoms with Crippen molar-refractivity contribution in [3.8, 4) is 0 Å². The van der Waals surface area contributed by atoms with Gasteiger partial charge < -0.3 is 10.2 Å². The largest absolute Gasteiger partial charge is 0.309 e. The van der Waals surface area contributed by atoms with E-state index >= 15 is 0 Å². The maximum Gasteiger partial charge on any atom is 0.0964 e. The maximum atomic E-state index is 4.20. The van der Waals surface area contributed by atoms with Crippen molar-refractivity contribution in [1.29, 1.82) is 0 Å². The van der Waals surface area contributed by atoms with Crippen molar-refractivity contribution in [2.75, 3.05) is 19.6 Å². The molecule has 5 nitrogen and oxygen atoms in total. The first-order valence-corrected chi connectivity index (χ1v) is 7.89. The highest BCUT2D eigenvalue weighted by Gasteiger charge is 2.08. The van der Waals surface area contributed by atoms with Gasteiger partial charge >= 0.3 is 0 Å². The second-order valence-corrected chi connectivity index (χ2v) is 5.92. The minimum absolute atomic E-state index is 0.478. The van der Waals surface area contributed by atoms with Crippen molar-refractivity contribution in [3.63, 3.8) is 0 Å². The highest BCUT2D eigenvalue weighted by Crippen LogP contribution is 2.04. The Kier molecular flexibility index (Phi) is 7.77. The molecule has 0 fully saturated rings. The normalized spacial score (nSPS) is 13.3. The lowest BCUT2D eigenvalue weighted by atomic mass is 10.1. The van der Waals surface area contributed by atoms with Crippen molar-refractivity contribution >= 4 is 0 Å². The lowest BCUT2D eigenvalue weighted by molar-refractivity contribution is 0.233. The minimum Gasteiger partial charge on any atom is -0.309 e. The second kappa shape index (κ2) is 9.08. The Morgan fingerprint density at radius 3 is 2.65 bits per heavy atom. The molecule has 1 atom stereocenters. The minimum atomic E-state index is 0.478. The third kappa shape index (κ3) is 6.48. The van der Waals surface area contributed by atoms with Gasteiger partial charge in [-0.25, -0.2) is 0 Å². The highest BCUT2D eigenvalue weighted by atomic mass is 15.4. The van der Waals surface area contributed by atoms with Crippen LogP contribution in [-0.4, -0.2) is 45.6 Å². The molecular weight excluding hydrogens is 250 g/mol. The summed E-state index contributed by atoms with van der Waals surface area (Å²) in [5.41, 5.74) is 1.02. The molecule has 1 heterocycles. The molecule has 0 spiro atoms. The average Bonchev–Trinajstić information content (AvgIpc) is 2.88. The fourth-order valence-corrected chi connectivity index (χ4v) is 2.03. The lowest BCUT2D eigenvalue weighted by Crippen LogP contribution is -2.31. The third-order valence-electron chi connectivity index (χ3n) is 3.64. The summed E-state index contributed by atoms with van der Waals surface area (Å²) >= 11 is 0. The van der Waals surface area contributed by atoms with Crippen LogP contribution in [0, 0.1) is 5.92 Å². The van der Waals surface area contributed by atoms with Gasteiger partial charge in [0.05, 0.1) is 12.2 Å². The molecule has 1 aromatic rings. The second-order valence-electron chi connectivity index (χ2n) is 5.92. The van der Waals surface area contributed by atoms with Crippen LogP contribution >= 0.6 is 0 Å². The Balaban J connectivity index is 2.36. The fraction of sp³-hybridized carbons (Fsp3) is 0.867. The Hall–Kier alpha value is -0.940. The molecule has 1 N–H and O–H groups in total. The molecule has 116 valence electrons. The van der Waals surface area contributed by atoms with Gasteiger partial charge in [0.1, 0.15) is 0 Å². The summed E-state index contributed by atoms with van der Waals surface area (Å²) in [5, 5.41) is 11.8. The molecule has 0 bridgehead atoms. The average molecular weight is 281 g/mol. The summed E-state index contributed by atoms with van der Waals surface area (Å²) in [4.78, 5) is 2.49. The third-order valence-corrected chi connectivity index (χ3v) is 3.64. The van der Waals surface area contributed by atoms with Crippen molar-refractivity contribution in [2.45, 2.75) is 60.2 Å². The van der Waals surface area contributed by atoms with E-state index in [9.17, 15) is 0 Å². The van der Waals surface area contributed by atoms with Crippen LogP contribution in [-0.2, 0) is 13.1 Å². The van der Waals surface area contributed by atoms with Crippen LogP contribution in [0.5, 0.6) is 0 Å². The fourth-order valence-electron chi connectivity index (χ4n) is 2.03. The monoisotopic (exact) mass is 281 g/mol. The van der Waals surface area contributed by atoms with Gasteiger partial charge in [0.15, 0.2) is 0 Å². The zero-order valence-electron chi connectivity index (χ0n) is 13.8. The van der Waals surface area contributed by atoms with Gasteiger partial charge in [0.25, 0.3) is 0 Å². The zero-order chi connectivity index (χ0) is 15.0. The van der Waals surface area contributed by atoms with Gasteiger partial charge in [-0.1, -0.05) is 46.3 Å². The Labute approximate surface area is 123 Å². The van der Waals surface area contributed by atoms with E-state index in [0.717, 1.165) is 37.8 Å². The molecular formula is C15H31N5. The van der Waals surface area contributed by atoms with Gasteiger partial charge in [-0.05, 0) is 12.5 Å². The van der Waals surface area contributed by atoms with Gasteiger partial charge in [-0.15, -0.1) is 5.10 Å². The van der Waals surface area contributed by atoms with Crippen LogP contribution in [0.1, 0.15) is 46.7 Å². The molecule has 0 radical (unpaired) electrons.